The zero-order valence-corrected chi connectivity index (χ0v) is 15.7. The highest BCUT2D eigenvalue weighted by molar-refractivity contribution is 5.77. The van der Waals surface area contributed by atoms with Crippen molar-refractivity contribution in [2.45, 2.75) is 39.2 Å². The molecule has 0 aromatic heterocycles. The molecule has 1 amide bonds. The fraction of sp³-hybridized carbons (Fsp3) is 0.409. The molecule has 26 heavy (non-hydrogen) atoms. The summed E-state index contributed by atoms with van der Waals surface area (Å²) in [7, 11) is 0. The number of hydrogen-bond acceptors (Lipinski definition) is 3. The first kappa shape index (κ1) is 20.0. The van der Waals surface area contributed by atoms with E-state index in [4.69, 9.17) is 4.74 Å². The van der Waals surface area contributed by atoms with E-state index in [0.717, 1.165) is 30.8 Å². The predicted octanol–water partition coefficient (Wildman–Crippen LogP) is 3.70. The minimum absolute atomic E-state index is 0.0275. The van der Waals surface area contributed by atoms with Crippen molar-refractivity contribution < 1.29 is 9.53 Å². The van der Waals surface area contributed by atoms with Gasteiger partial charge in [-0.15, -0.1) is 0 Å². The van der Waals surface area contributed by atoms with E-state index in [1.807, 2.05) is 31.2 Å². The van der Waals surface area contributed by atoms with E-state index in [1.165, 1.54) is 18.4 Å². The Balaban J connectivity index is 1.55. The maximum atomic E-state index is 11.4. The van der Waals surface area contributed by atoms with Crippen molar-refractivity contribution in [2.24, 2.45) is 0 Å². The second kappa shape index (κ2) is 12.1. The third-order valence-electron chi connectivity index (χ3n) is 4.13. The summed E-state index contributed by atoms with van der Waals surface area (Å²) >= 11 is 0. The lowest BCUT2D eigenvalue weighted by atomic mass is 10.1. The number of aryl methyl sites for hydroxylation is 1. The van der Waals surface area contributed by atoms with Crippen LogP contribution < -0.4 is 15.4 Å². The Morgan fingerprint density at radius 1 is 0.923 bits per heavy atom. The van der Waals surface area contributed by atoms with Gasteiger partial charge < -0.3 is 15.4 Å². The number of amides is 1. The maximum Gasteiger partial charge on any atom is 0.233 e. The van der Waals surface area contributed by atoms with E-state index < -0.39 is 0 Å². The molecule has 0 heterocycles. The molecule has 0 bridgehead atoms. The van der Waals surface area contributed by atoms with Gasteiger partial charge in [0.2, 0.25) is 5.91 Å². The number of nitrogens with one attached hydrogen (secondary N) is 2. The average molecular weight is 354 g/mol. The molecule has 4 heteroatoms. The summed E-state index contributed by atoms with van der Waals surface area (Å²) in [5.41, 5.74) is 2.55. The molecule has 2 rings (SSSR count). The van der Waals surface area contributed by atoms with Gasteiger partial charge in [0, 0.05) is 13.1 Å². The number of benzene rings is 2. The summed E-state index contributed by atoms with van der Waals surface area (Å²) in [5.74, 6) is 0.931. The van der Waals surface area contributed by atoms with Gasteiger partial charge in [-0.2, -0.15) is 0 Å². The van der Waals surface area contributed by atoms with Crippen molar-refractivity contribution in [3.63, 3.8) is 0 Å². The fourth-order valence-electron chi connectivity index (χ4n) is 2.73. The number of likely N-dealkylation sites (N-methyl/N-ethyl adjacent to an activating group) is 1. The monoisotopic (exact) mass is 354 g/mol. The Morgan fingerprint density at radius 2 is 1.69 bits per heavy atom. The smallest absolute Gasteiger partial charge is 0.233 e. The number of carbonyl (C=O) groups is 1. The zero-order valence-electron chi connectivity index (χ0n) is 15.7. The molecule has 0 aliphatic rings. The second-order valence-electron chi connectivity index (χ2n) is 6.35. The minimum atomic E-state index is 0.0275. The largest absolute Gasteiger partial charge is 0.494 e. The number of carbonyl (C=O) groups excluding carboxylic acids is 1. The topological polar surface area (TPSA) is 50.4 Å². The van der Waals surface area contributed by atoms with E-state index in [2.05, 4.69) is 41.0 Å². The van der Waals surface area contributed by atoms with Crippen LogP contribution in [0.3, 0.4) is 0 Å². The average Bonchev–Trinajstić information content (AvgIpc) is 2.67. The van der Waals surface area contributed by atoms with Crippen molar-refractivity contribution in [3.8, 4) is 5.75 Å². The molecule has 0 spiro atoms. The molecule has 0 saturated heterocycles. The van der Waals surface area contributed by atoms with Crippen LogP contribution in [0.5, 0.6) is 5.75 Å². The zero-order chi connectivity index (χ0) is 18.5. The lowest BCUT2D eigenvalue weighted by Crippen LogP contribution is -2.33. The van der Waals surface area contributed by atoms with E-state index in [9.17, 15) is 4.79 Å². The Bertz CT molecular complexity index is 626. The summed E-state index contributed by atoms with van der Waals surface area (Å²) in [4.78, 5) is 11.4. The second-order valence-corrected chi connectivity index (χ2v) is 6.35. The van der Waals surface area contributed by atoms with E-state index in [1.54, 1.807) is 0 Å². The predicted molar refractivity (Wildman–Crippen MR) is 106 cm³/mol. The number of rotatable bonds is 12. The summed E-state index contributed by atoms with van der Waals surface area (Å²) in [6.45, 7) is 4.36. The molecule has 0 radical (unpaired) electrons. The van der Waals surface area contributed by atoms with Crippen LogP contribution in [0.4, 0.5) is 0 Å². The summed E-state index contributed by atoms with van der Waals surface area (Å²) in [5, 5.41) is 5.90. The highest BCUT2D eigenvalue weighted by Gasteiger charge is 2.00. The van der Waals surface area contributed by atoms with Crippen LogP contribution in [0.1, 0.15) is 37.3 Å². The van der Waals surface area contributed by atoms with Gasteiger partial charge in [-0.3, -0.25) is 4.79 Å². The standard InChI is InChI=1S/C22H30N2O2/c1-2-24-22(25)18-23-17-20-12-14-21(15-13-20)26-16-8-4-7-11-19-9-5-3-6-10-19/h3,5-6,9-10,12-15,23H,2,4,7-8,11,16-18H2,1H3,(H,24,25). The van der Waals surface area contributed by atoms with Gasteiger partial charge in [-0.1, -0.05) is 42.5 Å². The molecule has 0 atom stereocenters. The molecule has 2 N–H and O–H groups in total. The molecule has 4 nitrogen and oxygen atoms in total. The van der Waals surface area contributed by atoms with E-state index >= 15 is 0 Å². The first-order chi connectivity index (χ1) is 12.8. The van der Waals surface area contributed by atoms with Gasteiger partial charge in [-0.05, 0) is 55.9 Å². The van der Waals surface area contributed by atoms with Crippen LogP contribution in [0.2, 0.25) is 0 Å². The van der Waals surface area contributed by atoms with E-state index in [-0.39, 0.29) is 5.91 Å². The number of ether oxygens (including phenoxy) is 1. The Labute approximate surface area is 157 Å². The van der Waals surface area contributed by atoms with Crippen LogP contribution in [0, 0.1) is 0 Å². The molecule has 0 aliphatic carbocycles. The van der Waals surface area contributed by atoms with Crippen LogP contribution in [-0.2, 0) is 17.8 Å². The van der Waals surface area contributed by atoms with Gasteiger partial charge in [0.1, 0.15) is 5.75 Å². The van der Waals surface area contributed by atoms with Gasteiger partial charge >= 0.3 is 0 Å². The van der Waals surface area contributed by atoms with Crippen molar-refractivity contribution in [1.82, 2.24) is 10.6 Å². The molecule has 0 saturated carbocycles. The Hall–Kier alpha value is -2.33. The lowest BCUT2D eigenvalue weighted by Gasteiger charge is -2.08. The first-order valence-corrected chi connectivity index (χ1v) is 9.51. The molecule has 2 aromatic carbocycles. The minimum Gasteiger partial charge on any atom is -0.494 e. The summed E-state index contributed by atoms with van der Waals surface area (Å²) in [6, 6.07) is 18.7. The molecule has 140 valence electrons. The van der Waals surface area contributed by atoms with Crippen molar-refractivity contribution in [3.05, 3.63) is 65.7 Å². The lowest BCUT2D eigenvalue weighted by molar-refractivity contribution is -0.120. The SMILES string of the molecule is CCNC(=O)CNCc1ccc(OCCCCCc2ccccc2)cc1. The van der Waals surface area contributed by atoms with Crippen molar-refractivity contribution in [1.29, 1.82) is 0 Å². The third-order valence-corrected chi connectivity index (χ3v) is 4.13. The van der Waals surface area contributed by atoms with Gasteiger partial charge in [0.25, 0.3) is 0 Å². The van der Waals surface area contributed by atoms with Crippen molar-refractivity contribution in [2.75, 3.05) is 19.7 Å². The number of unbranched alkanes of at least 4 members (excludes halogenated alkanes) is 2. The molecule has 0 fully saturated rings. The molecule has 0 unspecified atom stereocenters. The van der Waals surface area contributed by atoms with Crippen LogP contribution in [0.25, 0.3) is 0 Å². The van der Waals surface area contributed by atoms with Gasteiger partial charge in [0.05, 0.1) is 13.2 Å². The van der Waals surface area contributed by atoms with Crippen LogP contribution in [0.15, 0.2) is 54.6 Å². The Kier molecular flexibility index (Phi) is 9.30. The molecule has 0 aliphatic heterocycles. The van der Waals surface area contributed by atoms with Crippen LogP contribution in [-0.4, -0.2) is 25.6 Å². The summed E-state index contributed by atoms with van der Waals surface area (Å²) in [6.07, 6.45) is 4.59. The maximum absolute atomic E-state index is 11.4. The summed E-state index contributed by atoms with van der Waals surface area (Å²) < 4.78 is 5.80. The molecular formula is C22H30N2O2. The number of hydrogen-bond donors (Lipinski definition) is 2. The Morgan fingerprint density at radius 3 is 2.42 bits per heavy atom. The van der Waals surface area contributed by atoms with E-state index in [0.29, 0.717) is 19.6 Å². The third kappa shape index (κ3) is 8.17. The fourth-order valence-corrected chi connectivity index (χ4v) is 2.73. The highest BCUT2D eigenvalue weighted by Crippen LogP contribution is 2.13. The van der Waals surface area contributed by atoms with Crippen LogP contribution >= 0.6 is 0 Å². The quantitative estimate of drug-likeness (QED) is 0.571. The van der Waals surface area contributed by atoms with Crippen molar-refractivity contribution >= 4 is 5.91 Å². The van der Waals surface area contributed by atoms with Gasteiger partial charge in [0.15, 0.2) is 0 Å². The highest BCUT2D eigenvalue weighted by atomic mass is 16.5. The molecule has 2 aromatic rings. The van der Waals surface area contributed by atoms with Gasteiger partial charge in [-0.25, -0.2) is 0 Å². The first-order valence-electron chi connectivity index (χ1n) is 9.51. The molecular weight excluding hydrogens is 324 g/mol. The normalized spacial score (nSPS) is 10.5.